The number of ether oxygens (including phenoxy) is 1. The lowest BCUT2D eigenvalue weighted by Gasteiger charge is -2.16. The summed E-state index contributed by atoms with van der Waals surface area (Å²) in [6.07, 6.45) is 1.62. The third-order valence-corrected chi connectivity index (χ3v) is 5.67. The molecule has 2 aromatic rings. The lowest BCUT2D eigenvalue weighted by atomic mass is 10.2. The number of nitrogens with zero attached hydrogens (tertiary/aromatic N) is 1. The Bertz CT molecular complexity index is 1070. The molecule has 1 aliphatic rings. The summed E-state index contributed by atoms with van der Waals surface area (Å²) in [5, 5.41) is 4.16. The van der Waals surface area contributed by atoms with Gasteiger partial charge in [0.2, 0.25) is 0 Å². The van der Waals surface area contributed by atoms with Crippen LogP contribution in [0, 0.1) is 0 Å². The fraction of sp³-hybridized carbons (Fsp3) is 0.0526. The van der Waals surface area contributed by atoms with E-state index < -0.39 is 17.9 Å². The maximum atomic E-state index is 12.6. The first-order valence-corrected chi connectivity index (χ1v) is 10.3. The Morgan fingerprint density at radius 3 is 2.47 bits per heavy atom. The lowest BCUT2D eigenvalue weighted by Crippen LogP contribution is -2.46. The van der Waals surface area contributed by atoms with Gasteiger partial charge in [-0.25, -0.2) is 10.2 Å². The van der Waals surface area contributed by atoms with Gasteiger partial charge in [0.15, 0.2) is 4.32 Å². The van der Waals surface area contributed by atoms with E-state index in [1.807, 2.05) is 0 Å². The first kappa shape index (κ1) is 22.1. The number of carbonyl (C=O) groups is 3. The number of halogens is 2. The van der Waals surface area contributed by atoms with E-state index in [1.54, 1.807) is 36.4 Å². The maximum Gasteiger partial charge on any atom is 0.338 e. The van der Waals surface area contributed by atoms with Gasteiger partial charge in [-0.1, -0.05) is 47.1 Å². The van der Waals surface area contributed by atoms with Crippen molar-refractivity contribution in [3.63, 3.8) is 0 Å². The number of amides is 3. The number of rotatable bonds is 4. The smallest absolute Gasteiger partial charge is 0.338 e. The summed E-state index contributed by atoms with van der Waals surface area (Å²) in [6, 6.07) is 10.5. The van der Waals surface area contributed by atoms with E-state index in [9.17, 15) is 14.4 Å². The van der Waals surface area contributed by atoms with Gasteiger partial charge in [0.1, 0.15) is 5.75 Å². The zero-order valence-electron chi connectivity index (χ0n) is 15.3. The Hall–Kier alpha value is -2.59. The van der Waals surface area contributed by atoms with Crippen LogP contribution in [0.5, 0.6) is 5.75 Å². The summed E-state index contributed by atoms with van der Waals surface area (Å²) in [5.74, 6) is -0.500. The number of esters is 1. The van der Waals surface area contributed by atoms with Gasteiger partial charge in [-0.2, -0.15) is 5.01 Å². The van der Waals surface area contributed by atoms with Gasteiger partial charge in [0, 0.05) is 12.6 Å². The van der Waals surface area contributed by atoms with E-state index in [0.29, 0.717) is 26.9 Å². The van der Waals surface area contributed by atoms with Gasteiger partial charge in [-0.05, 0) is 54.2 Å². The SMILES string of the molecule is CC(=O)Oc1ccc(/C=C2/SC(=S)N(NC(=O)Nc3ccc(Cl)c(Cl)c3)C2=O)cc1. The molecule has 2 N–H and O–H groups in total. The van der Waals surface area contributed by atoms with Crippen molar-refractivity contribution in [2.24, 2.45) is 0 Å². The third-order valence-electron chi connectivity index (χ3n) is 3.62. The molecule has 0 unspecified atom stereocenters. The Balaban J connectivity index is 1.66. The van der Waals surface area contributed by atoms with Crippen LogP contribution >= 0.6 is 47.2 Å². The topological polar surface area (TPSA) is 87.7 Å². The highest BCUT2D eigenvalue weighted by atomic mass is 35.5. The third kappa shape index (κ3) is 5.51. The molecule has 1 heterocycles. The highest BCUT2D eigenvalue weighted by molar-refractivity contribution is 8.26. The molecule has 0 spiro atoms. The zero-order valence-corrected chi connectivity index (χ0v) is 18.4. The number of anilines is 1. The second-order valence-electron chi connectivity index (χ2n) is 5.87. The van der Waals surface area contributed by atoms with E-state index in [4.69, 9.17) is 40.2 Å². The Labute approximate surface area is 191 Å². The molecule has 0 aromatic heterocycles. The standard InChI is InChI=1S/C19H13Cl2N3O4S2/c1-10(25)28-13-5-2-11(3-6-13)8-16-17(26)24(19(29)30-16)23-18(27)22-12-4-7-14(20)15(21)9-12/h2-9H,1H3,(H2,22,23,27)/b16-8+. The summed E-state index contributed by atoms with van der Waals surface area (Å²) in [4.78, 5) is 36.1. The number of hydrogen-bond acceptors (Lipinski definition) is 6. The lowest BCUT2D eigenvalue weighted by molar-refractivity contribution is -0.131. The minimum Gasteiger partial charge on any atom is -0.427 e. The van der Waals surface area contributed by atoms with E-state index in [-0.39, 0.29) is 9.34 Å². The fourth-order valence-corrected chi connectivity index (χ4v) is 3.83. The molecule has 1 fully saturated rings. The Kier molecular flexibility index (Phi) is 6.99. The van der Waals surface area contributed by atoms with Crippen LogP contribution < -0.4 is 15.5 Å². The fourth-order valence-electron chi connectivity index (χ4n) is 2.35. The van der Waals surface area contributed by atoms with Gasteiger partial charge >= 0.3 is 12.0 Å². The number of carbonyl (C=O) groups excluding carboxylic acids is 3. The highest BCUT2D eigenvalue weighted by Gasteiger charge is 2.33. The minimum atomic E-state index is -0.670. The molecule has 0 radical (unpaired) electrons. The summed E-state index contributed by atoms with van der Waals surface area (Å²) >= 11 is 18.0. The number of thiocarbonyl (C=S) groups is 1. The van der Waals surface area contributed by atoms with Crippen molar-refractivity contribution in [3.05, 3.63) is 63.0 Å². The van der Waals surface area contributed by atoms with Crippen molar-refractivity contribution in [3.8, 4) is 5.75 Å². The number of nitrogens with one attached hydrogen (secondary N) is 2. The van der Waals surface area contributed by atoms with Gasteiger partial charge in [0.05, 0.1) is 15.0 Å². The van der Waals surface area contributed by atoms with Crippen LogP contribution in [-0.4, -0.2) is 27.2 Å². The van der Waals surface area contributed by atoms with Crippen molar-refractivity contribution in [1.29, 1.82) is 0 Å². The number of thioether (sulfide) groups is 1. The first-order valence-electron chi connectivity index (χ1n) is 8.32. The van der Waals surface area contributed by atoms with Crippen molar-refractivity contribution in [1.82, 2.24) is 10.4 Å². The second kappa shape index (κ2) is 9.48. The van der Waals surface area contributed by atoms with Crippen molar-refractivity contribution >= 4 is 81.2 Å². The molecular formula is C19H13Cl2N3O4S2. The van der Waals surface area contributed by atoms with Crippen LogP contribution in [0.3, 0.4) is 0 Å². The van der Waals surface area contributed by atoms with E-state index >= 15 is 0 Å². The number of benzene rings is 2. The molecule has 2 aromatic carbocycles. The van der Waals surface area contributed by atoms with Gasteiger partial charge in [0.25, 0.3) is 5.91 Å². The summed E-state index contributed by atoms with van der Waals surface area (Å²) < 4.78 is 5.14. The molecule has 30 heavy (non-hydrogen) atoms. The van der Waals surface area contributed by atoms with Crippen molar-refractivity contribution in [2.45, 2.75) is 6.92 Å². The molecule has 0 aliphatic carbocycles. The predicted molar refractivity (Wildman–Crippen MR) is 121 cm³/mol. The zero-order chi connectivity index (χ0) is 21.8. The largest absolute Gasteiger partial charge is 0.427 e. The quantitative estimate of drug-likeness (QED) is 0.280. The number of urea groups is 1. The minimum absolute atomic E-state index is 0.173. The first-order chi connectivity index (χ1) is 14.2. The Morgan fingerprint density at radius 2 is 1.83 bits per heavy atom. The maximum absolute atomic E-state index is 12.6. The molecule has 3 amide bonds. The van der Waals surface area contributed by atoms with Crippen molar-refractivity contribution in [2.75, 3.05) is 5.32 Å². The second-order valence-corrected chi connectivity index (χ2v) is 8.36. The molecule has 1 aliphatic heterocycles. The van der Waals surface area contributed by atoms with E-state index in [0.717, 1.165) is 16.8 Å². The van der Waals surface area contributed by atoms with Crippen LogP contribution in [0.25, 0.3) is 6.08 Å². The molecule has 0 saturated carbocycles. The van der Waals surface area contributed by atoms with Gasteiger partial charge < -0.3 is 10.1 Å². The van der Waals surface area contributed by atoms with E-state index in [1.165, 1.54) is 19.1 Å². The van der Waals surface area contributed by atoms with Gasteiger partial charge in [-0.3, -0.25) is 9.59 Å². The van der Waals surface area contributed by atoms with Crippen LogP contribution in [0.2, 0.25) is 10.0 Å². The summed E-state index contributed by atoms with van der Waals surface area (Å²) in [7, 11) is 0. The molecule has 3 rings (SSSR count). The monoisotopic (exact) mass is 481 g/mol. The summed E-state index contributed by atoms with van der Waals surface area (Å²) in [6.45, 7) is 1.31. The normalized spacial score (nSPS) is 14.8. The molecular weight excluding hydrogens is 469 g/mol. The molecule has 1 saturated heterocycles. The van der Waals surface area contributed by atoms with Crippen molar-refractivity contribution < 1.29 is 19.1 Å². The average molecular weight is 482 g/mol. The van der Waals surface area contributed by atoms with Gasteiger partial charge in [-0.15, -0.1) is 0 Å². The highest BCUT2D eigenvalue weighted by Crippen LogP contribution is 2.32. The molecule has 0 bridgehead atoms. The van der Waals surface area contributed by atoms with Crippen LogP contribution in [0.15, 0.2) is 47.4 Å². The predicted octanol–water partition coefficient (Wildman–Crippen LogP) is 4.86. The molecule has 11 heteroatoms. The Morgan fingerprint density at radius 1 is 1.13 bits per heavy atom. The van der Waals surface area contributed by atoms with Crippen LogP contribution in [0.4, 0.5) is 10.5 Å². The van der Waals surface area contributed by atoms with Crippen LogP contribution in [0.1, 0.15) is 12.5 Å². The summed E-state index contributed by atoms with van der Waals surface area (Å²) in [5.41, 5.74) is 3.50. The molecule has 7 nitrogen and oxygen atoms in total. The molecule has 0 atom stereocenters. The number of hydrogen-bond donors (Lipinski definition) is 2. The van der Waals surface area contributed by atoms with Crippen LogP contribution in [-0.2, 0) is 9.59 Å². The van der Waals surface area contributed by atoms with E-state index in [2.05, 4.69) is 10.7 Å². The number of hydrazine groups is 1. The average Bonchev–Trinajstić information content (AvgIpc) is 2.93. The molecule has 154 valence electrons.